The van der Waals surface area contributed by atoms with Gasteiger partial charge in [0.1, 0.15) is 4.88 Å². The van der Waals surface area contributed by atoms with Crippen LogP contribution < -0.4 is 5.32 Å². The van der Waals surface area contributed by atoms with Gasteiger partial charge in [0.05, 0.1) is 18.0 Å². The molecular formula is C18H20N4O2S. The second-order valence-corrected chi connectivity index (χ2v) is 6.55. The minimum absolute atomic E-state index is 0.322. The SMILES string of the molecule is CCOC(=O)c1sc(NCc2cn(C)nc2-c2ccccc2)nc1C. The van der Waals surface area contributed by atoms with E-state index in [1.807, 2.05) is 50.5 Å². The number of carbonyl (C=O) groups is 1. The quantitative estimate of drug-likeness (QED) is 0.683. The first-order valence-electron chi connectivity index (χ1n) is 8.04. The van der Waals surface area contributed by atoms with Gasteiger partial charge in [-0.15, -0.1) is 0 Å². The summed E-state index contributed by atoms with van der Waals surface area (Å²) in [6.07, 6.45) is 1.99. The molecule has 0 bridgehead atoms. The maximum Gasteiger partial charge on any atom is 0.350 e. The number of thiazole rings is 1. The molecule has 0 aliphatic carbocycles. The van der Waals surface area contributed by atoms with Crippen LogP contribution in [0.4, 0.5) is 5.13 Å². The van der Waals surface area contributed by atoms with E-state index in [0.717, 1.165) is 16.8 Å². The Morgan fingerprint density at radius 1 is 1.32 bits per heavy atom. The van der Waals surface area contributed by atoms with Gasteiger partial charge in [-0.05, 0) is 13.8 Å². The summed E-state index contributed by atoms with van der Waals surface area (Å²) in [5, 5.41) is 8.54. The van der Waals surface area contributed by atoms with Crippen molar-refractivity contribution < 1.29 is 9.53 Å². The Morgan fingerprint density at radius 3 is 2.80 bits per heavy atom. The van der Waals surface area contributed by atoms with Crippen LogP contribution in [0, 0.1) is 6.92 Å². The molecule has 0 amide bonds. The fraction of sp³-hybridized carbons (Fsp3) is 0.278. The van der Waals surface area contributed by atoms with Gasteiger partial charge < -0.3 is 10.1 Å². The molecule has 2 aromatic heterocycles. The van der Waals surface area contributed by atoms with E-state index in [2.05, 4.69) is 15.4 Å². The summed E-state index contributed by atoms with van der Waals surface area (Å²) in [6, 6.07) is 10.1. The second-order valence-electron chi connectivity index (χ2n) is 5.55. The normalized spacial score (nSPS) is 10.7. The van der Waals surface area contributed by atoms with Crippen molar-refractivity contribution in [3.63, 3.8) is 0 Å². The molecule has 1 N–H and O–H groups in total. The average Bonchev–Trinajstić information content (AvgIpc) is 3.16. The van der Waals surface area contributed by atoms with E-state index >= 15 is 0 Å². The summed E-state index contributed by atoms with van der Waals surface area (Å²) in [5.41, 5.74) is 3.76. The lowest BCUT2D eigenvalue weighted by molar-refractivity contribution is 0.0531. The predicted molar refractivity (Wildman–Crippen MR) is 98.8 cm³/mol. The molecule has 0 spiro atoms. The monoisotopic (exact) mass is 356 g/mol. The molecule has 0 atom stereocenters. The van der Waals surface area contributed by atoms with Gasteiger partial charge in [-0.25, -0.2) is 9.78 Å². The van der Waals surface area contributed by atoms with Crippen LogP contribution in [0.25, 0.3) is 11.3 Å². The fourth-order valence-corrected chi connectivity index (χ4v) is 3.39. The number of aromatic nitrogens is 3. The van der Waals surface area contributed by atoms with Gasteiger partial charge >= 0.3 is 5.97 Å². The van der Waals surface area contributed by atoms with Gasteiger partial charge in [0.15, 0.2) is 5.13 Å². The summed E-state index contributed by atoms with van der Waals surface area (Å²) >= 11 is 1.31. The Bertz CT molecular complexity index is 871. The third-order valence-electron chi connectivity index (χ3n) is 3.64. The van der Waals surface area contributed by atoms with Crippen molar-refractivity contribution in [2.24, 2.45) is 7.05 Å². The average molecular weight is 356 g/mol. The summed E-state index contributed by atoms with van der Waals surface area (Å²) in [4.78, 5) is 16.9. The Kier molecular flexibility index (Phi) is 5.14. The molecule has 130 valence electrons. The highest BCUT2D eigenvalue weighted by Gasteiger charge is 2.17. The number of hydrogen-bond donors (Lipinski definition) is 1. The highest BCUT2D eigenvalue weighted by Crippen LogP contribution is 2.26. The lowest BCUT2D eigenvalue weighted by Gasteiger charge is -2.03. The van der Waals surface area contributed by atoms with Crippen molar-refractivity contribution in [2.45, 2.75) is 20.4 Å². The van der Waals surface area contributed by atoms with E-state index in [-0.39, 0.29) is 5.97 Å². The Labute approximate surface area is 150 Å². The molecule has 0 unspecified atom stereocenters. The largest absolute Gasteiger partial charge is 0.462 e. The van der Waals surface area contributed by atoms with Crippen molar-refractivity contribution in [3.05, 3.63) is 52.7 Å². The zero-order chi connectivity index (χ0) is 17.8. The Balaban J connectivity index is 1.77. The van der Waals surface area contributed by atoms with Gasteiger partial charge in [0, 0.05) is 30.9 Å². The molecule has 3 rings (SSSR count). The van der Waals surface area contributed by atoms with Crippen molar-refractivity contribution in [1.29, 1.82) is 0 Å². The smallest absolute Gasteiger partial charge is 0.350 e. The number of anilines is 1. The van der Waals surface area contributed by atoms with Gasteiger partial charge in [-0.3, -0.25) is 4.68 Å². The van der Waals surface area contributed by atoms with Crippen molar-refractivity contribution in [2.75, 3.05) is 11.9 Å². The van der Waals surface area contributed by atoms with Crippen LogP contribution in [0.15, 0.2) is 36.5 Å². The van der Waals surface area contributed by atoms with Gasteiger partial charge in [-0.1, -0.05) is 41.7 Å². The third-order valence-corrected chi connectivity index (χ3v) is 4.73. The molecule has 0 saturated carbocycles. The molecule has 25 heavy (non-hydrogen) atoms. The summed E-state index contributed by atoms with van der Waals surface area (Å²) in [5.74, 6) is -0.322. The topological polar surface area (TPSA) is 69.0 Å². The molecule has 0 radical (unpaired) electrons. The first kappa shape index (κ1) is 17.2. The maximum absolute atomic E-state index is 11.9. The fourth-order valence-electron chi connectivity index (χ4n) is 2.53. The number of nitrogens with zero attached hydrogens (tertiary/aromatic N) is 3. The summed E-state index contributed by atoms with van der Waals surface area (Å²) in [7, 11) is 1.91. The van der Waals surface area contributed by atoms with E-state index in [9.17, 15) is 4.79 Å². The van der Waals surface area contributed by atoms with Crippen LogP contribution in [0.5, 0.6) is 0 Å². The van der Waals surface area contributed by atoms with E-state index < -0.39 is 0 Å². The number of carbonyl (C=O) groups excluding carboxylic acids is 1. The predicted octanol–water partition coefficient (Wildman–Crippen LogP) is 3.64. The molecule has 7 heteroatoms. The zero-order valence-corrected chi connectivity index (χ0v) is 15.3. The van der Waals surface area contributed by atoms with Gasteiger partial charge in [0.2, 0.25) is 0 Å². The minimum Gasteiger partial charge on any atom is -0.462 e. The standard InChI is InChI=1S/C18H20N4O2S/c1-4-24-17(23)16-12(2)20-18(25-16)19-10-14-11-22(3)21-15(14)13-8-6-5-7-9-13/h5-9,11H,4,10H2,1-3H3,(H,19,20). The van der Waals surface area contributed by atoms with Crippen molar-refractivity contribution >= 4 is 22.4 Å². The van der Waals surface area contributed by atoms with Crippen LogP contribution in [-0.2, 0) is 18.3 Å². The molecule has 0 fully saturated rings. The second kappa shape index (κ2) is 7.48. The van der Waals surface area contributed by atoms with Gasteiger partial charge in [0.25, 0.3) is 0 Å². The molecular weight excluding hydrogens is 336 g/mol. The van der Waals surface area contributed by atoms with Gasteiger partial charge in [-0.2, -0.15) is 5.10 Å². The van der Waals surface area contributed by atoms with Crippen LogP contribution >= 0.6 is 11.3 Å². The molecule has 6 nitrogen and oxygen atoms in total. The zero-order valence-electron chi connectivity index (χ0n) is 14.4. The van der Waals surface area contributed by atoms with Crippen molar-refractivity contribution in [1.82, 2.24) is 14.8 Å². The molecule has 0 saturated heterocycles. The first-order valence-corrected chi connectivity index (χ1v) is 8.86. The number of nitrogens with one attached hydrogen (secondary N) is 1. The number of benzene rings is 1. The minimum atomic E-state index is -0.322. The number of rotatable bonds is 6. The van der Waals surface area contributed by atoms with Crippen LogP contribution in [0.2, 0.25) is 0 Å². The van der Waals surface area contributed by atoms with E-state index in [1.165, 1.54) is 11.3 Å². The molecule has 2 heterocycles. The van der Waals surface area contributed by atoms with Crippen molar-refractivity contribution in [3.8, 4) is 11.3 Å². The van der Waals surface area contributed by atoms with E-state index in [1.54, 1.807) is 11.6 Å². The van der Waals surface area contributed by atoms with E-state index in [0.29, 0.717) is 28.9 Å². The number of esters is 1. The van der Waals surface area contributed by atoms with Crippen LogP contribution in [0.3, 0.4) is 0 Å². The summed E-state index contributed by atoms with van der Waals surface area (Å²) in [6.45, 7) is 4.54. The number of aryl methyl sites for hydroxylation is 2. The molecule has 0 aliphatic heterocycles. The first-order chi connectivity index (χ1) is 12.1. The Morgan fingerprint density at radius 2 is 2.08 bits per heavy atom. The van der Waals surface area contributed by atoms with E-state index in [4.69, 9.17) is 4.74 Å². The lowest BCUT2D eigenvalue weighted by Crippen LogP contribution is -2.03. The highest BCUT2D eigenvalue weighted by molar-refractivity contribution is 7.17. The lowest BCUT2D eigenvalue weighted by atomic mass is 10.1. The molecule has 0 aliphatic rings. The Hall–Kier alpha value is -2.67. The molecule has 3 aromatic rings. The highest BCUT2D eigenvalue weighted by atomic mass is 32.1. The number of hydrogen-bond acceptors (Lipinski definition) is 6. The number of ether oxygens (including phenoxy) is 1. The third kappa shape index (κ3) is 3.88. The van der Waals surface area contributed by atoms with Crippen LogP contribution in [0.1, 0.15) is 27.9 Å². The van der Waals surface area contributed by atoms with Crippen LogP contribution in [-0.4, -0.2) is 27.3 Å². The maximum atomic E-state index is 11.9. The summed E-state index contributed by atoms with van der Waals surface area (Å²) < 4.78 is 6.86. The molecule has 1 aromatic carbocycles.